The predicted molar refractivity (Wildman–Crippen MR) is 123 cm³/mol. The highest BCUT2D eigenvalue weighted by atomic mass is 16.6. The number of nitro groups is 1. The number of nitrogens with one attached hydrogen (secondary N) is 2. The van der Waals surface area contributed by atoms with E-state index in [2.05, 4.69) is 50.9 Å². The standard InChI is InChI=1S/C23H28N6O2/c24-12-16-5-7-17(8-6-16)13-25-22-21(29(30)31)15-27-23(28-22)26-14-18-9-10-19-3-1-2-4-20(19)11-18/h1-4,9-11,15-17H,5-8,12-14,24H2,(H2,25,26,27,28). The maximum absolute atomic E-state index is 11.4. The van der Waals surface area contributed by atoms with Gasteiger partial charge in [0, 0.05) is 13.1 Å². The molecule has 0 unspecified atom stereocenters. The second kappa shape index (κ2) is 9.70. The minimum atomic E-state index is -0.444. The molecule has 1 aliphatic rings. The Morgan fingerprint density at radius 3 is 2.52 bits per heavy atom. The summed E-state index contributed by atoms with van der Waals surface area (Å²) in [5, 5.41) is 20.2. The average molecular weight is 421 g/mol. The van der Waals surface area contributed by atoms with Crippen LogP contribution in [0.5, 0.6) is 0 Å². The third kappa shape index (κ3) is 5.27. The molecule has 31 heavy (non-hydrogen) atoms. The summed E-state index contributed by atoms with van der Waals surface area (Å²) in [5.74, 6) is 1.72. The zero-order valence-electron chi connectivity index (χ0n) is 17.5. The van der Waals surface area contributed by atoms with Crippen LogP contribution in [-0.4, -0.2) is 28.0 Å². The molecule has 0 atom stereocenters. The number of benzene rings is 2. The van der Waals surface area contributed by atoms with Crippen LogP contribution in [0.4, 0.5) is 17.5 Å². The second-order valence-corrected chi connectivity index (χ2v) is 8.22. The van der Waals surface area contributed by atoms with Gasteiger partial charge in [0.25, 0.3) is 0 Å². The van der Waals surface area contributed by atoms with Crippen LogP contribution in [0, 0.1) is 22.0 Å². The lowest BCUT2D eigenvalue weighted by molar-refractivity contribution is -0.384. The summed E-state index contributed by atoms with van der Waals surface area (Å²) in [6.45, 7) is 1.94. The first-order valence-corrected chi connectivity index (χ1v) is 10.8. The second-order valence-electron chi connectivity index (χ2n) is 8.22. The maximum Gasteiger partial charge on any atom is 0.329 e. The van der Waals surface area contributed by atoms with E-state index in [1.165, 1.54) is 11.6 Å². The number of rotatable bonds is 8. The fourth-order valence-corrected chi connectivity index (χ4v) is 4.17. The first-order valence-electron chi connectivity index (χ1n) is 10.8. The van der Waals surface area contributed by atoms with E-state index in [0.717, 1.165) is 43.2 Å². The van der Waals surface area contributed by atoms with Gasteiger partial charge in [-0.05, 0) is 66.5 Å². The molecular formula is C23H28N6O2. The van der Waals surface area contributed by atoms with Crippen molar-refractivity contribution in [1.82, 2.24) is 9.97 Å². The van der Waals surface area contributed by atoms with Crippen molar-refractivity contribution in [2.75, 3.05) is 23.7 Å². The Hall–Kier alpha value is -3.26. The van der Waals surface area contributed by atoms with E-state index in [-0.39, 0.29) is 11.5 Å². The summed E-state index contributed by atoms with van der Waals surface area (Å²) in [6, 6.07) is 14.4. The monoisotopic (exact) mass is 420 g/mol. The van der Waals surface area contributed by atoms with Crippen LogP contribution in [0.3, 0.4) is 0 Å². The molecule has 4 rings (SSSR count). The van der Waals surface area contributed by atoms with Gasteiger partial charge in [-0.25, -0.2) is 4.98 Å². The highest BCUT2D eigenvalue weighted by Gasteiger charge is 2.22. The summed E-state index contributed by atoms with van der Waals surface area (Å²) in [6.07, 6.45) is 5.67. The molecule has 1 heterocycles. The van der Waals surface area contributed by atoms with Crippen molar-refractivity contribution in [3.05, 3.63) is 64.3 Å². The van der Waals surface area contributed by atoms with Crippen molar-refractivity contribution in [2.24, 2.45) is 17.6 Å². The van der Waals surface area contributed by atoms with E-state index in [0.29, 0.717) is 30.9 Å². The first-order chi connectivity index (χ1) is 15.1. The molecule has 1 aliphatic carbocycles. The average Bonchev–Trinajstić information content (AvgIpc) is 2.81. The topological polar surface area (TPSA) is 119 Å². The molecule has 162 valence electrons. The highest BCUT2D eigenvalue weighted by Crippen LogP contribution is 2.29. The first kappa shape index (κ1) is 21.0. The van der Waals surface area contributed by atoms with Crippen LogP contribution >= 0.6 is 0 Å². The minimum absolute atomic E-state index is 0.105. The van der Waals surface area contributed by atoms with Gasteiger partial charge in [-0.3, -0.25) is 10.1 Å². The maximum atomic E-state index is 11.4. The summed E-state index contributed by atoms with van der Waals surface area (Å²) < 4.78 is 0. The van der Waals surface area contributed by atoms with Crippen LogP contribution < -0.4 is 16.4 Å². The van der Waals surface area contributed by atoms with E-state index in [1.807, 2.05) is 12.1 Å². The molecule has 8 heteroatoms. The molecule has 4 N–H and O–H groups in total. The zero-order chi connectivity index (χ0) is 21.6. The van der Waals surface area contributed by atoms with Crippen LogP contribution in [0.1, 0.15) is 31.2 Å². The van der Waals surface area contributed by atoms with Crippen LogP contribution in [0.15, 0.2) is 48.7 Å². The zero-order valence-corrected chi connectivity index (χ0v) is 17.5. The van der Waals surface area contributed by atoms with Crippen molar-refractivity contribution in [3.8, 4) is 0 Å². The summed E-state index contributed by atoms with van der Waals surface area (Å²) in [5.41, 5.74) is 6.75. The quantitative estimate of drug-likeness (QED) is 0.366. The van der Waals surface area contributed by atoms with E-state index in [1.54, 1.807) is 0 Å². The number of fused-ring (bicyclic) bond motifs is 1. The number of hydrogen-bond donors (Lipinski definition) is 3. The fraction of sp³-hybridized carbons (Fsp3) is 0.391. The number of nitrogens with two attached hydrogens (primary N) is 1. The van der Waals surface area contributed by atoms with E-state index >= 15 is 0 Å². The van der Waals surface area contributed by atoms with Crippen LogP contribution in [0.25, 0.3) is 10.8 Å². The normalized spacial score (nSPS) is 18.6. The lowest BCUT2D eigenvalue weighted by Crippen LogP contribution is -2.25. The number of aromatic nitrogens is 2. The Morgan fingerprint density at radius 1 is 1.03 bits per heavy atom. The summed E-state index contributed by atoms with van der Waals surface area (Å²) in [7, 11) is 0. The van der Waals surface area contributed by atoms with Crippen molar-refractivity contribution in [1.29, 1.82) is 0 Å². The molecular weight excluding hydrogens is 392 g/mol. The molecule has 1 saturated carbocycles. The van der Waals surface area contributed by atoms with E-state index in [9.17, 15) is 10.1 Å². The fourth-order valence-electron chi connectivity index (χ4n) is 4.17. The van der Waals surface area contributed by atoms with Crippen LogP contribution in [0.2, 0.25) is 0 Å². The Labute approximate surface area is 181 Å². The third-order valence-corrected chi connectivity index (χ3v) is 6.09. The highest BCUT2D eigenvalue weighted by molar-refractivity contribution is 5.83. The van der Waals surface area contributed by atoms with Gasteiger partial charge in [0.05, 0.1) is 4.92 Å². The Kier molecular flexibility index (Phi) is 6.57. The number of nitrogens with zero attached hydrogens (tertiary/aromatic N) is 3. The largest absolute Gasteiger partial charge is 0.364 e. The smallest absolute Gasteiger partial charge is 0.329 e. The Bertz CT molecular complexity index is 1050. The molecule has 8 nitrogen and oxygen atoms in total. The van der Waals surface area contributed by atoms with Gasteiger partial charge in [-0.1, -0.05) is 36.4 Å². The van der Waals surface area contributed by atoms with Gasteiger partial charge < -0.3 is 16.4 Å². The van der Waals surface area contributed by atoms with Crippen molar-refractivity contribution < 1.29 is 4.92 Å². The molecule has 1 aromatic heterocycles. The lowest BCUT2D eigenvalue weighted by Gasteiger charge is -2.27. The molecule has 2 aromatic carbocycles. The van der Waals surface area contributed by atoms with Gasteiger partial charge in [0.2, 0.25) is 11.8 Å². The Balaban J connectivity index is 1.41. The van der Waals surface area contributed by atoms with Crippen molar-refractivity contribution in [3.63, 3.8) is 0 Å². The van der Waals surface area contributed by atoms with Gasteiger partial charge in [-0.15, -0.1) is 0 Å². The van der Waals surface area contributed by atoms with Gasteiger partial charge in [-0.2, -0.15) is 4.98 Å². The molecule has 0 amide bonds. The molecule has 3 aromatic rings. The minimum Gasteiger partial charge on any atom is -0.364 e. The van der Waals surface area contributed by atoms with Gasteiger partial charge in [0.15, 0.2) is 0 Å². The van der Waals surface area contributed by atoms with Crippen LogP contribution in [-0.2, 0) is 6.54 Å². The number of hydrogen-bond acceptors (Lipinski definition) is 7. The molecule has 0 saturated heterocycles. The van der Waals surface area contributed by atoms with Gasteiger partial charge >= 0.3 is 5.69 Å². The number of anilines is 2. The van der Waals surface area contributed by atoms with Crippen molar-refractivity contribution in [2.45, 2.75) is 32.2 Å². The molecule has 0 radical (unpaired) electrons. The van der Waals surface area contributed by atoms with Gasteiger partial charge in [0.1, 0.15) is 6.20 Å². The summed E-state index contributed by atoms with van der Waals surface area (Å²) in [4.78, 5) is 19.5. The van der Waals surface area contributed by atoms with E-state index in [4.69, 9.17) is 5.73 Å². The summed E-state index contributed by atoms with van der Waals surface area (Å²) >= 11 is 0. The van der Waals surface area contributed by atoms with E-state index < -0.39 is 4.92 Å². The molecule has 0 bridgehead atoms. The molecule has 1 fully saturated rings. The lowest BCUT2D eigenvalue weighted by atomic mass is 9.82. The third-order valence-electron chi connectivity index (χ3n) is 6.09. The predicted octanol–water partition coefficient (Wildman–Crippen LogP) is 4.33. The Morgan fingerprint density at radius 2 is 1.77 bits per heavy atom. The molecule has 0 spiro atoms. The van der Waals surface area contributed by atoms with Crippen molar-refractivity contribution >= 4 is 28.2 Å². The molecule has 0 aliphatic heterocycles. The SMILES string of the molecule is NCC1CCC(CNc2nc(NCc3ccc4ccccc4c3)ncc2[N+](=O)[O-])CC1.